The van der Waals surface area contributed by atoms with Crippen molar-refractivity contribution in [3.05, 3.63) is 35.9 Å². The van der Waals surface area contributed by atoms with Gasteiger partial charge in [0.15, 0.2) is 0 Å². The van der Waals surface area contributed by atoms with Crippen LogP contribution in [0.4, 0.5) is 0 Å². The van der Waals surface area contributed by atoms with Crippen molar-refractivity contribution in [2.45, 2.75) is 50.7 Å². The normalized spacial score (nSPS) is 35.7. The van der Waals surface area contributed by atoms with E-state index in [1.807, 2.05) is 0 Å². The summed E-state index contributed by atoms with van der Waals surface area (Å²) in [5.74, 6) is 0. The second-order valence-electron chi connectivity index (χ2n) is 4.95. The molecule has 1 heteroatoms. The molecule has 1 nitrogen and oxygen atoms in total. The van der Waals surface area contributed by atoms with Crippen molar-refractivity contribution >= 4 is 0 Å². The summed E-state index contributed by atoms with van der Waals surface area (Å²) in [6.07, 6.45) is 5.75. The zero-order valence-electron chi connectivity index (χ0n) is 9.39. The van der Waals surface area contributed by atoms with Crippen LogP contribution in [0.15, 0.2) is 30.3 Å². The maximum absolute atomic E-state index is 2.71. The topological polar surface area (TPSA) is 3.01 Å². The first-order valence-corrected chi connectivity index (χ1v) is 6.20. The standard InChI is InChI=1S/C14H19N/c1-11(12-7-3-2-4-8-12)15-13-9-5-6-10-14(13)15/h2-4,7-8,11,13-14H,5-6,9-10H2,1H3/t11-,13?,14?,15?/m0/s1. The van der Waals surface area contributed by atoms with Gasteiger partial charge < -0.3 is 0 Å². The Kier molecular flexibility index (Phi) is 2.28. The third-order valence-corrected chi connectivity index (χ3v) is 4.10. The molecule has 0 N–H and O–H groups in total. The fourth-order valence-corrected chi connectivity index (χ4v) is 3.22. The predicted molar refractivity (Wildman–Crippen MR) is 62.7 cm³/mol. The lowest BCUT2D eigenvalue weighted by molar-refractivity contribution is 0.383. The smallest absolute Gasteiger partial charge is 0.0327 e. The molecule has 2 unspecified atom stereocenters. The Hall–Kier alpha value is -0.820. The van der Waals surface area contributed by atoms with E-state index in [0.717, 1.165) is 12.1 Å². The third kappa shape index (κ3) is 1.59. The number of rotatable bonds is 2. The minimum atomic E-state index is 0.624. The van der Waals surface area contributed by atoms with Crippen LogP contribution in [0.1, 0.15) is 44.2 Å². The van der Waals surface area contributed by atoms with Crippen LogP contribution >= 0.6 is 0 Å². The average molecular weight is 201 g/mol. The van der Waals surface area contributed by atoms with Crippen molar-refractivity contribution in [3.8, 4) is 0 Å². The fourth-order valence-electron chi connectivity index (χ4n) is 3.22. The molecule has 0 radical (unpaired) electrons. The molecule has 2 fully saturated rings. The first-order chi connectivity index (χ1) is 7.38. The molecule has 1 aliphatic heterocycles. The van der Waals surface area contributed by atoms with Crippen molar-refractivity contribution < 1.29 is 0 Å². The Labute approximate surface area is 92.1 Å². The van der Waals surface area contributed by atoms with E-state index in [0.29, 0.717) is 6.04 Å². The molecule has 0 bridgehead atoms. The van der Waals surface area contributed by atoms with Gasteiger partial charge >= 0.3 is 0 Å². The van der Waals surface area contributed by atoms with Crippen molar-refractivity contribution in [1.29, 1.82) is 0 Å². The van der Waals surface area contributed by atoms with Gasteiger partial charge in [-0.05, 0) is 25.3 Å². The lowest BCUT2D eigenvalue weighted by atomic mass is 10.0. The van der Waals surface area contributed by atoms with E-state index in [2.05, 4.69) is 42.2 Å². The van der Waals surface area contributed by atoms with Gasteiger partial charge in [-0.3, -0.25) is 4.90 Å². The molecule has 1 aromatic rings. The van der Waals surface area contributed by atoms with Gasteiger partial charge in [0.1, 0.15) is 0 Å². The highest BCUT2D eigenvalue weighted by atomic mass is 15.4. The Morgan fingerprint density at radius 3 is 2.27 bits per heavy atom. The second kappa shape index (κ2) is 3.64. The van der Waals surface area contributed by atoms with Gasteiger partial charge in [0.25, 0.3) is 0 Å². The van der Waals surface area contributed by atoms with E-state index in [1.54, 1.807) is 0 Å². The molecule has 3 atom stereocenters. The van der Waals surface area contributed by atoms with E-state index in [1.165, 1.54) is 31.2 Å². The van der Waals surface area contributed by atoms with Crippen LogP contribution in [0.3, 0.4) is 0 Å². The van der Waals surface area contributed by atoms with Crippen LogP contribution < -0.4 is 0 Å². The highest BCUT2D eigenvalue weighted by Gasteiger charge is 2.50. The number of hydrogen-bond acceptors (Lipinski definition) is 1. The fraction of sp³-hybridized carbons (Fsp3) is 0.571. The second-order valence-corrected chi connectivity index (χ2v) is 4.95. The molecule has 1 saturated carbocycles. The van der Waals surface area contributed by atoms with Crippen molar-refractivity contribution in [2.75, 3.05) is 0 Å². The minimum Gasteiger partial charge on any atom is -0.288 e. The highest BCUT2D eigenvalue weighted by molar-refractivity contribution is 5.22. The van der Waals surface area contributed by atoms with Crippen LogP contribution in [0.5, 0.6) is 0 Å². The number of likely N-dealkylation sites (tertiary alicyclic amines) is 1. The monoisotopic (exact) mass is 201 g/mol. The van der Waals surface area contributed by atoms with Gasteiger partial charge in [0, 0.05) is 18.1 Å². The quantitative estimate of drug-likeness (QED) is 0.663. The Balaban J connectivity index is 1.74. The Morgan fingerprint density at radius 1 is 1.07 bits per heavy atom. The number of fused-ring (bicyclic) bond motifs is 1. The molecule has 0 aromatic heterocycles. The van der Waals surface area contributed by atoms with E-state index < -0.39 is 0 Å². The van der Waals surface area contributed by atoms with E-state index >= 15 is 0 Å². The van der Waals surface area contributed by atoms with E-state index in [-0.39, 0.29) is 0 Å². The molecular formula is C14H19N. The van der Waals surface area contributed by atoms with E-state index in [4.69, 9.17) is 0 Å². The van der Waals surface area contributed by atoms with Gasteiger partial charge in [-0.2, -0.15) is 0 Å². The molecule has 1 heterocycles. The summed E-state index contributed by atoms with van der Waals surface area (Å²) < 4.78 is 0. The highest BCUT2D eigenvalue weighted by Crippen LogP contribution is 2.46. The molecule has 3 rings (SSSR count). The van der Waals surface area contributed by atoms with Crippen LogP contribution in [-0.4, -0.2) is 17.0 Å². The lowest BCUT2D eigenvalue weighted by Crippen LogP contribution is -2.08. The van der Waals surface area contributed by atoms with Crippen LogP contribution in [-0.2, 0) is 0 Å². The Bertz CT molecular complexity index is 320. The third-order valence-electron chi connectivity index (χ3n) is 4.10. The minimum absolute atomic E-state index is 0.624. The van der Waals surface area contributed by atoms with Crippen LogP contribution in [0.2, 0.25) is 0 Å². The summed E-state index contributed by atoms with van der Waals surface area (Å²) in [5.41, 5.74) is 1.48. The van der Waals surface area contributed by atoms with Crippen LogP contribution in [0.25, 0.3) is 0 Å². The lowest BCUT2D eigenvalue weighted by Gasteiger charge is -2.14. The summed E-state index contributed by atoms with van der Waals surface area (Å²) in [5, 5.41) is 0. The molecule has 0 amide bonds. The SMILES string of the molecule is C[C@@H](c1ccccc1)N1C2CCCCC21. The maximum atomic E-state index is 2.71. The first kappa shape index (κ1) is 9.41. The largest absolute Gasteiger partial charge is 0.288 e. The van der Waals surface area contributed by atoms with Gasteiger partial charge in [0.05, 0.1) is 0 Å². The van der Waals surface area contributed by atoms with Gasteiger partial charge in [-0.25, -0.2) is 0 Å². The predicted octanol–water partition coefficient (Wildman–Crippen LogP) is 3.37. The van der Waals surface area contributed by atoms with Gasteiger partial charge in [-0.15, -0.1) is 0 Å². The zero-order valence-corrected chi connectivity index (χ0v) is 9.39. The average Bonchev–Trinajstić information content (AvgIpc) is 3.03. The molecule has 0 spiro atoms. The molecule has 15 heavy (non-hydrogen) atoms. The van der Waals surface area contributed by atoms with Crippen molar-refractivity contribution in [1.82, 2.24) is 4.90 Å². The van der Waals surface area contributed by atoms with Crippen molar-refractivity contribution in [3.63, 3.8) is 0 Å². The summed E-state index contributed by atoms with van der Waals surface area (Å²) in [6.45, 7) is 2.35. The van der Waals surface area contributed by atoms with Crippen molar-refractivity contribution in [2.24, 2.45) is 0 Å². The molecule has 1 aliphatic carbocycles. The molecule has 1 saturated heterocycles. The molecule has 80 valence electrons. The maximum Gasteiger partial charge on any atom is 0.0327 e. The number of benzene rings is 1. The summed E-state index contributed by atoms with van der Waals surface area (Å²) in [4.78, 5) is 2.71. The molecule has 1 aromatic carbocycles. The number of hydrogen-bond donors (Lipinski definition) is 0. The van der Waals surface area contributed by atoms with Gasteiger partial charge in [0.2, 0.25) is 0 Å². The molecule has 2 aliphatic rings. The Morgan fingerprint density at radius 2 is 1.67 bits per heavy atom. The molecular weight excluding hydrogens is 182 g/mol. The summed E-state index contributed by atoms with van der Waals surface area (Å²) >= 11 is 0. The summed E-state index contributed by atoms with van der Waals surface area (Å²) in [6, 6.07) is 13.4. The number of nitrogens with zero attached hydrogens (tertiary/aromatic N) is 1. The van der Waals surface area contributed by atoms with E-state index in [9.17, 15) is 0 Å². The first-order valence-electron chi connectivity index (χ1n) is 6.20. The zero-order chi connectivity index (χ0) is 10.3. The van der Waals surface area contributed by atoms with Crippen LogP contribution in [0, 0.1) is 0 Å². The van der Waals surface area contributed by atoms with Gasteiger partial charge in [-0.1, -0.05) is 43.2 Å². The summed E-state index contributed by atoms with van der Waals surface area (Å²) in [7, 11) is 0.